The van der Waals surface area contributed by atoms with Crippen molar-refractivity contribution in [1.82, 2.24) is 9.97 Å². The van der Waals surface area contributed by atoms with Crippen LogP contribution in [0.2, 0.25) is 0 Å². The molecule has 0 amide bonds. The van der Waals surface area contributed by atoms with Crippen LogP contribution in [0.25, 0.3) is 0 Å². The van der Waals surface area contributed by atoms with Crippen LogP contribution in [0.5, 0.6) is 11.8 Å². The first-order valence-electron chi connectivity index (χ1n) is 4.24. The molecule has 0 radical (unpaired) electrons. The van der Waals surface area contributed by atoms with Gasteiger partial charge >= 0.3 is 0 Å². The molecule has 0 N–H and O–H groups in total. The maximum absolute atomic E-state index is 5.12. The molecule has 0 unspecified atom stereocenters. The molecule has 5 nitrogen and oxygen atoms in total. The molecule has 14 heavy (non-hydrogen) atoms. The zero-order valence-electron chi connectivity index (χ0n) is 9.16. The molecule has 0 aliphatic rings. The minimum Gasteiger partial charge on any atom is -0.481 e. The molecule has 0 aromatic carbocycles. The molecule has 0 atom stereocenters. The number of methoxy groups -OCH3 is 2. The largest absolute Gasteiger partial charge is 0.481 e. The molecule has 0 fully saturated rings. The first-order valence-corrected chi connectivity index (χ1v) is 4.24. The number of hydrogen-bond acceptors (Lipinski definition) is 5. The summed E-state index contributed by atoms with van der Waals surface area (Å²) >= 11 is 0. The van der Waals surface area contributed by atoms with Gasteiger partial charge in [0.25, 0.3) is 0 Å². The highest BCUT2D eigenvalue weighted by Crippen LogP contribution is 2.25. The van der Waals surface area contributed by atoms with Gasteiger partial charge in [-0.3, -0.25) is 0 Å². The van der Waals surface area contributed by atoms with Crippen LogP contribution in [0.4, 0.5) is 5.95 Å². The summed E-state index contributed by atoms with van der Waals surface area (Å²) in [5.74, 6) is 1.66. The van der Waals surface area contributed by atoms with Crippen LogP contribution in [0.1, 0.15) is 5.56 Å². The lowest BCUT2D eigenvalue weighted by Crippen LogP contribution is -2.18. The Bertz CT molecular complexity index is 308. The second-order valence-corrected chi connectivity index (χ2v) is 3.06. The Labute approximate surface area is 85.3 Å². The number of nitrogens with zero attached hydrogens (tertiary/aromatic N) is 3. The lowest BCUT2D eigenvalue weighted by Gasteiger charge is -2.15. The Morgan fingerprint density at radius 2 is 1.50 bits per heavy atom. The number of aromatic nitrogens is 2. The molecule has 1 aromatic heterocycles. The van der Waals surface area contributed by atoms with Gasteiger partial charge in [-0.15, -0.1) is 0 Å². The van der Waals surface area contributed by atoms with E-state index in [-0.39, 0.29) is 0 Å². The molecule has 0 aliphatic carbocycles. The van der Waals surface area contributed by atoms with Crippen molar-refractivity contribution >= 4 is 21.9 Å². The highest BCUT2D eigenvalue weighted by molar-refractivity contribution is 6.40. The third-order valence-electron chi connectivity index (χ3n) is 1.83. The number of ether oxygens (including phenoxy) is 2. The van der Waals surface area contributed by atoms with Crippen molar-refractivity contribution in [3.05, 3.63) is 5.56 Å². The lowest BCUT2D eigenvalue weighted by atomic mass is 10.2. The summed E-state index contributed by atoms with van der Waals surface area (Å²) < 4.78 is 12.0. The quantitative estimate of drug-likeness (QED) is 0.558. The van der Waals surface area contributed by atoms with Crippen molar-refractivity contribution in [3.63, 3.8) is 0 Å². The standard InChI is InChI=1S/C7H13B2N3O2/c1-4-5(13-2)10-7(12(8)9)11-6(4)14-3/h8-9H2,1-3H3. The smallest absolute Gasteiger partial charge is 0.224 e. The maximum Gasteiger partial charge on any atom is 0.224 e. The Morgan fingerprint density at radius 1 is 1.07 bits per heavy atom. The van der Waals surface area contributed by atoms with Crippen molar-refractivity contribution in [3.8, 4) is 11.8 Å². The van der Waals surface area contributed by atoms with E-state index in [9.17, 15) is 0 Å². The first-order chi connectivity index (χ1) is 6.60. The summed E-state index contributed by atoms with van der Waals surface area (Å²) in [5, 5.41) is 0. The fraction of sp³-hybridized carbons (Fsp3) is 0.429. The van der Waals surface area contributed by atoms with Crippen molar-refractivity contribution in [2.24, 2.45) is 0 Å². The van der Waals surface area contributed by atoms with E-state index in [0.29, 0.717) is 17.7 Å². The summed E-state index contributed by atoms with van der Waals surface area (Å²) in [6, 6.07) is 0. The van der Waals surface area contributed by atoms with Crippen molar-refractivity contribution in [1.29, 1.82) is 0 Å². The summed E-state index contributed by atoms with van der Waals surface area (Å²) in [7, 11) is 6.88. The minimum absolute atomic E-state index is 0.542. The first kappa shape index (κ1) is 10.7. The zero-order chi connectivity index (χ0) is 10.7. The van der Waals surface area contributed by atoms with Gasteiger partial charge in [0.15, 0.2) is 0 Å². The fourth-order valence-corrected chi connectivity index (χ4v) is 1.06. The number of anilines is 1. The number of hydrogen-bond donors (Lipinski definition) is 0. The van der Waals surface area contributed by atoms with Gasteiger partial charge in [-0.05, 0) is 6.92 Å². The van der Waals surface area contributed by atoms with Gasteiger partial charge < -0.3 is 14.2 Å². The van der Waals surface area contributed by atoms with Gasteiger partial charge in [-0.25, -0.2) is 0 Å². The van der Waals surface area contributed by atoms with Crippen LogP contribution >= 0.6 is 0 Å². The topological polar surface area (TPSA) is 47.5 Å². The second-order valence-electron chi connectivity index (χ2n) is 3.06. The average Bonchev–Trinajstić information content (AvgIpc) is 2.17. The van der Waals surface area contributed by atoms with Gasteiger partial charge in [0, 0.05) is 0 Å². The minimum atomic E-state index is 0.542. The molecule has 1 rings (SSSR count). The van der Waals surface area contributed by atoms with Gasteiger partial charge in [-0.2, -0.15) is 9.97 Å². The molecule has 0 saturated heterocycles. The summed E-state index contributed by atoms with van der Waals surface area (Å²) in [6.45, 7) is 1.86. The van der Waals surface area contributed by atoms with E-state index in [1.54, 1.807) is 18.9 Å². The molecule has 1 heterocycles. The molecule has 0 spiro atoms. The molecule has 1 aromatic rings. The highest BCUT2D eigenvalue weighted by atomic mass is 16.5. The van der Waals surface area contributed by atoms with E-state index < -0.39 is 0 Å². The summed E-state index contributed by atoms with van der Waals surface area (Å²) in [5.41, 5.74) is 0.806. The highest BCUT2D eigenvalue weighted by Gasteiger charge is 2.12. The molecular weight excluding hydrogens is 180 g/mol. The Balaban J connectivity index is 3.25. The predicted molar refractivity (Wildman–Crippen MR) is 59.4 cm³/mol. The fourth-order valence-electron chi connectivity index (χ4n) is 1.06. The van der Waals surface area contributed by atoms with Crippen LogP contribution in [0, 0.1) is 6.92 Å². The van der Waals surface area contributed by atoms with Crippen LogP contribution in [-0.4, -0.2) is 40.1 Å². The Kier molecular flexibility index (Phi) is 3.22. The Hall–Kier alpha value is -1.39. The molecule has 0 aliphatic heterocycles. The zero-order valence-corrected chi connectivity index (χ0v) is 9.16. The van der Waals surface area contributed by atoms with Crippen molar-refractivity contribution in [2.75, 3.05) is 18.9 Å². The molecule has 74 valence electrons. The summed E-state index contributed by atoms with van der Waals surface area (Å²) in [4.78, 5) is 8.42. The average molecular weight is 193 g/mol. The van der Waals surface area contributed by atoms with Gasteiger partial charge in [0.1, 0.15) is 0 Å². The van der Waals surface area contributed by atoms with Crippen LogP contribution in [-0.2, 0) is 0 Å². The third kappa shape index (κ3) is 1.92. The van der Waals surface area contributed by atoms with Crippen LogP contribution in [0.3, 0.4) is 0 Å². The Morgan fingerprint density at radius 3 is 1.79 bits per heavy atom. The van der Waals surface area contributed by atoms with Gasteiger partial charge in [0.05, 0.1) is 19.8 Å². The van der Waals surface area contributed by atoms with E-state index in [4.69, 9.17) is 9.47 Å². The molecule has 0 saturated carbocycles. The molecule has 0 bridgehead atoms. The lowest BCUT2D eigenvalue weighted by molar-refractivity contribution is 0.367. The monoisotopic (exact) mass is 193 g/mol. The SMILES string of the molecule is BN(B)c1nc(OC)c(C)c(OC)n1. The maximum atomic E-state index is 5.12. The summed E-state index contributed by atoms with van der Waals surface area (Å²) in [6.07, 6.45) is 0. The van der Waals surface area contributed by atoms with E-state index in [2.05, 4.69) is 9.97 Å². The van der Waals surface area contributed by atoms with E-state index in [1.807, 2.05) is 22.9 Å². The third-order valence-corrected chi connectivity index (χ3v) is 1.83. The van der Waals surface area contributed by atoms with E-state index >= 15 is 0 Å². The molecular formula is C7H13B2N3O2. The molecule has 7 heteroatoms. The van der Waals surface area contributed by atoms with Crippen LogP contribution < -0.4 is 14.2 Å². The van der Waals surface area contributed by atoms with Crippen LogP contribution in [0.15, 0.2) is 0 Å². The van der Waals surface area contributed by atoms with Gasteiger partial charge in [-0.1, -0.05) is 0 Å². The second kappa shape index (κ2) is 4.21. The van der Waals surface area contributed by atoms with Crippen molar-refractivity contribution in [2.45, 2.75) is 6.92 Å². The predicted octanol–water partition coefficient (Wildman–Crippen LogP) is -1.30. The van der Waals surface area contributed by atoms with Gasteiger partial charge in [0.2, 0.25) is 33.7 Å². The number of rotatable bonds is 3. The normalized spacial score (nSPS) is 9.64. The van der Waals surface area contributed by atoms with Crippen molar-refractivity contribution < 1.29 is 9.47 Å². The van der Waals surface area contributed by atoms with E-state index in [0.717, 1.165) is 5.56 Å². The van der Waals surface area contributed by atoms with E-state index in [1.165, 1.54) is 0 Å².